The smallest absolute Gasteiger partial charge is 0.126 e. The van der Waals surface area contributed by atoms with E-state index in [4.69, 9.17) is 0 Å². The predicted octanol–water partition coefficient (Wildman–Crippen LogP) is 3.19. The SMILES string of the molecule is CCN(c1cc(C)c(F)cc1C(C)NC)C(C)CN(C)C. The Morgan fingerprint density at radius 1 is 1.24 bits per heavy atom. The molecule has 2 unspecified atom stereocenters. The molecule has 120 valence electrons. The number of benzene rings is 1. The second-order valence-corrected chi connectivity index (χ2v) is 6.07. The number of rotatable bonds is 7. The quantitative estimate of drug-likeness (QED) is 0.833. The van der Waals surface area contributed by atoms with Gasteiger partial charge in [-0.3, -0.25) is 0 Å². The Hall–Kier alpha value is -1.13. The summed E-state index contributed by atoms with van der Waals surface area (Å²) in [5, 5.41) is 3.22. The molecular weight excluding hydrogens is 265 g/mol. The summed E-state index contributed by atoms with van der Waals surface area (Å²) < 4.78 is 14.0. The van der Waals surface area contributed by atoms with Crippen LogP contribution < -0.4 is 10.2 Å². The van der Waals surface area contributed by atoms with Gasteiger partial charge in [0.1, 0.15) is 5.82 Å². The molecule has 0 aliphatic heterocycles. The fourth-order valence-corrected chi connectivity index (χ4v) is 2.78. The maximum atomic E-state index is 14.0. The lowest BCUT2D eigenvalue weighted by Gasteiger charge is -2.35. The predicted molar refractivity (Wildman–Crippen MR) is 89.6 cm³/mol. The molecule has 0 bridgehead atoms. The number of nitrogens with one attached hydrogen (secondary N) is 1. The van der Waals surface area contributed by atoms with E-state index in [1.54, 1.807) is 6.07 Å². The minimum Gasteiger partial charge on any atom is -0.368 e. The summed E-state index contributed by atoms with van der Waals surface area (Å²) in [5.74, 6) is -0.132. The molecule has 1 N–H and O–H groups in total. The van der Waals surface area contributed by atoms with E-state index in [2.05, 4.69) is 50.0 Å². The molecule has 4 heteroatoms. The van der Waals surface area contributed by atoms with Crippen molar-refractivity contribution in [1.82, 2.24) is 10.2 Å². The van der Waals surface area contributed by atoms with Gasteiger partial charge in [0.05, 0.1) is 0 Å². The van der Waals surface area contributed by atoms with Crippen molar-refractivity contribution in [2.75, 3.05) is 39.1 Å². The highest BCUT2D eigenvalue weighted by Crippen LogP contribution is 2.30. The summed E-state index contributed by atoms with van der Waals surface area (Å²) in [6, 6.07) is 4.15. The molecular formula is C17H30FN3. The van der Waals surface area contributed by atoms with Gasteiger partial charge < -0.3 is 15.1 Å². The van der Waals surface area contributed by atoms with E-state index in [0.29, 0.717) is 11.6 Å². The lowest BCUT2D eigenvalue weighted by atomic mass is 10.0. The van der Waals surface area contributed by atoms with Crippen LogP contribution in [0.3, 0.4) is 0 Å². The number of hydrogen-bond donors (Lipinski definition) is 1. The van der Waals surface area contributed by atoms with Crippen molar-refractivity contribution in [3.05, 3.63) is 29.1 Å². The molecule has 1 rings (SSSR count). The number of hydrogen-bond acceptors (Lipinski definition) is 3. The van der Waals surface area contributed by atoms with Gasteiger partial charge in [-0.15, -0.1) is 0 Å². The van der Waals surface area contributed by atoms with Crippen molar-refractivity contribution in [1.29, 1.82) is 0 Å². The first-order chi connectivity index (χ1) is 9.81. The van der Waals surface area contributed by atoms with Crippen molar-refractivity contribution in [2.24, 2.45) is 0 Å². The van der Waals surface area contributed by atoms with E-state index in [0.717, 1.165) is 24.3 Å². The molecule has 0 saturated carbocycles. The van der Waals surface area contributed by atoms with Crippen LogP contribution in [-0.2, 0) is 0 Å². The molecule has 0 aromatic heterocycles. The highest BCUT2D eigenvalue weighted by molar-refractivity contribution is 5.57. The first kappa shape index (κ1) is 17.9. The fraction of sp³-hybridized carbons (Fsp3) is 0.647. The Balaban J connectivity index is 3.26. The zero-order valence-electron chi connectivity index (χ0n) is 14.5. The molecule has 0 radical (unpaired) electrons. The van der Waals surface area contributed by atoms with Crippen LogP contribution in [0.1, 0.15) is 37.9 Å². The molecule has 0 heterocycles. The van der Waals surface area contributed by atoms with Crippen molar-refractivity contribution < 1.29 is 4.39 Å². The monoisotopic (exact) mass is 295 g/mol. The molecule has 2 atom stereocenters. The van der Waals surface area contributed by atoms with Crippen molar-refractivity contribution in [3.63, 3.8) is 0 Å². The summed E-state index contributed by atoms with van der Waals surface area (Å²) in [6.45, 7) is 10.1. The van der Waals surface area contributed by atoms with Gasteiger partial charge in [0.15, 0.2) is 0 Å². The van der Waals surface area contributed by atoms with Gasteiger partial charge in [0.25, 0.3) is 0 Å². The van der Waals surface area contributed by atoms with Crippen molar-refractivity contribution in [2.45, 2.75) is 39.8 Å². The molecule has 0 amide bonds. The van der Waals surface area contributed by atoms with E-state index < -0.39 is 0 Å². The van der Waals surface area contributed by atoms with Gasteiger partial charge in [-0.05, 0) is 72.1 Å². The zero-order valence-corrected chi connectivity index (χ0v) is 14.5. The van der Waals surface area contributed by atoms with Gasteiger partial charge >= 0.3 is 0 Å². The summed E-state index contributed by atoms with van der Waals surface area (Å²) in [4.78, 5) is 4.54. The first-order valence-electron chi connectivity index (χ1n) is 7.70. The molecule has 0 fully saturated rings. The number of likely N-dealkylation sites (N-methyl/N-ethyl adjacent to an activating group) is 2. The van der Waals surface area contributed by atoms with Gasteiger partial charge in [0.2, 0.25) is 0 Å². The Morgan fingerprint density at radius 2 is 1.86 bits per heavy atom. The van der Waals surface area contributed by atoms with Crippen LogP contribution in [0.4, 0.5) is 10.1 Å². The van der Waals surface area contributed by atoms with E-state index in [9.17, 15) is 4.39 Å². The van der Waals surface area contributed by atoms with Gasteiger partial charge in [-0.2, -0.15) is 0 Å². The number of aryl methyl sites for hydroxylation is 1. The fourth-order valence-electron chi connectivity index (χ4n) is 2.78. The van der Waals surface area contributed by atoms with Crippen molar-refractivity contribution >= 4 is 5.69 Å². The lowest BCUT2D eigenvalue weighted by molar-refractivity contribution is 0.372. The van der Waals surface area contributed by atoms with Gasteiger partial charge in [-0.25, -0.2) is 4.39 Å². The normalized spacial score (nSPS) is 14.3. The van der Waals surface area contributed by atoms with E-state index >= 15 is 0 Å². The van der Waals surface area contributed by atoms with Crippen LogP contribution in [0, 0.1) is 12.7 Å². The summed E-state index contributed by atoms with van der Waals surface area (Å²) >= 11 is 0. The third kappa shape index (κ3) is 4.42. The average molecular weight is 295 g/mol. The summed E-state index contributed by atoms with van der Waals surface area (Å²) in [5.41, 5.74) is 2.85. The van der Waals surface area contributed by atoms with E-state index in [-0.39, 0.29) is 11.9 Å². The highest BCUT2D eigenvalue weighted by Gasteiger charge is 2.20. The van der Waals surface area contributed by atoms with Crippen LogP contribution in [-0.4, -0.2) is 45.2 Å². The molecule has 1 aromatic rings. The Labute approximate surface area is 129 Å². The summed E-state index contributed by atoms with van der Waals surface area (Å²) in [6.07, 6.45) is 0. The molecule has 1 aromatic carbocycles. The van der Waals surface area contributed by atoms with Crippen LogP contribution in [0.15, 0.2) is 12.1 Å². The topological polar surface area (TPSA) is 18.5 Å². The Morgan fingerprint density at radius 3 is 2.33 bits per heavy atom. The standard InChI is InChI=1S/C17H30FN3/c1-8-21(13(3)11-20(6)7)17-9-12(2)16(18)10-15(17)14(4)19-5/h9-10,13-14,19H,8,11H2,1-7H3. The average Bonchev–Trinajstić information content (AvgIpc) is 2.41. The van der Waals surface area contributed by atoms with Crippen LogP contribution in [0.25, 0.3) is 0 Å². The third-order valence-electron chi connectivity index (χ3n) is 4.02. The second-order valence-electron chi connectivity index (χ2n) is 6.07. The molecule has 0 saturated heterocycles. The lowest BCUT2D eigenvalue weighted by Crippen LogP contribution is -2.41. The molecule has 0 spiro atoms. The van der Waals surface area contributed by atoms with Crippen LogP contribution in [0.2, 0.25) is 0 Å². The van der Waals surface area contributed by atoms with Gasteiger partial charge in [-0.1, -0.05) is 0 Å². The third-order valence-corrected chi connectivity index (χ3v) is 4.02. The molecule has 21 heavy (non-hydrogen) atoms. The van der Waals surface area contributed by atoms with E-state index in [1.807, 2.05) is 20.0 Å². The number of nitrogens with zero attached hydrogens (tertiary/aromatic N) is 2. The number of anilines is 1. The molecule has 0 aliphatic carbocycles. The molecule has 3 nitrogen and oxygen atoms in total. The maximum absolute atomic E-state index is 14.0. The molecule has 0 aliphatic rings. The summed E-state index contributed by atoms with van der Waals surface area (Å²) in [7, 11) is 6.07. The van der Waals surface area contributed by atoms with Crippen molar-refractivity contribution in [3.8, 4) is 0 Å². The number of halogens is 1. The first-order valence-corrected chi connectivity index (χ1v) is 7.70. The Bertz CT molecular complexity index is 460. The zero-order chi connectivity index (χ0) is 16.2. The minimum atomic E-state index is -0.132. The van der Waals surface area contributed by atoms with Crippen LogP contribution in [0.5, 0.6) is 0 Å². The second kappa shape index (κ2) is 7.76. The van der Waals surface area contributed by atoms with Crippen LogP contribution >= 0.6 is 0 Å². The highest BCUT2D eigenvalue weighted by atomic mass is 19.1. The maximum Gasteiger partial charge on any atom is 0.126 e. The van der Waals surface area contributed by atoms with Gasteiger partial charge in [0, 0.05) is 30.9 Å². The minimum absolute atomic E-state index is 0.121. The largest absolute Gasteiger partial charge is 0.368 e. The van der Waals surface area contributed by atoms with E-state index in [1.165, 1.54) is 0 Å². The Kier molecular flexibility index (Phi) is 6.62.